The molecule has 0 aromatic heterocycles. The molecule has 0 amide bonds. The van der Waals surface area contributed by atoms with E-state index in [1.54, 1.807) is 30.3 Å². The molecular formula is C27H21NaO3S. The summed E-state index contributed by atoms with van der Waals surface area (Å²) in [5.41, 5.74) is 1.63. The Bertz CT molecular complexity index is 1400. The van der Waals surface area contributed by atoms with Gasteiger partial charge in [-0.2, -0.15) is 8.42 Å². The molecule has 32 heavy (non-hydrogen) atoms. The molecule has 0 fully saturated rings. The maximum absolute atomic E-state index is 13.2. The summed E-state index contributed by atoms with van der Waals surface area (Å²) in [5, 5.41) is 3.99. The monoisotopic (exact) mass is 448 g/mol. The summed E-state index contributed by atoms with van der Waals surface area (Å²) in [6.45, 7) is 0. The second-order valence-electron chi connectivity index (χ2n) is 7.38. The van der Waals surface area contributed by atoms with Crippen LogP contribution < -0.4 is 29.6 Å². The molecule has 154 valence electrons. The van der Waals surface area contributed by atoms with Crippen LogP contribution in [0.25, 0.3) is 21.5 Å². The molecule has 0 heterocycles. The summed E-state index contributed by atoms with van der Waals surface area (Å²) >= 11 is 0. The van der Waals surface area contributed by atoms with Crippen LogP contribution in [0.15, 0.2) is 120 Å². The molecule has 0 N–H and O–H groups in total. The van der Waals surface area contributed by atoms with E-state index in [2.05, 4.69) is 0 Å². The first kappa shape index (κ1) is 22.7. The van der Waals surface area contributed by atoms with E-state index in [1.807, 2.05) is 84.9 Å². The number of hydrogen-bond donors (Lipinski definition) is 0. The van der Waals surface area contributed by atoms with Gasteiger partial charge in [-0.25, -0.2) is 0 Å². The van der Waals surface area contributed by atoms with Crippen molar-refractivity contribution in [3.8, 4) is 0 Å². The first-order valence-corrected chi connectivity index (χ1v) is 11.5. The van der Waals surface area contributed by atoms with Gasteiger partial charge in [0.05, 0.1) is 4.90 Å². The van der Waals surface area contributed by atoms with Gasteiger partial charge in [-0.1, -0.05) is 103 Å². The van der Waals surface area contributed by atoms with E-state index in [0.29, 0.717) is 0 Å². The van der Waals surface area contributed by atoms with Gasteiger partial charge in [-0.15, -0.1) is 0 Å². The Kier molecular flexibility index (Phi) is 6.79. The van der Waals surface area contributed by atoms with E-state index in [-0.39, 0.29) is 35.9 Å². The van der Waals surface area contributed by atoms with Crippen LogP contribution in [-0.2, 0) is 14.3 Å². The van der Waals surface area contributed by atoms with E-state index in [0.717, 1.165) is 32.7 Å². The van der Waals surface area contributed by atoms with Gasteiger partial charge in [0.1, 0.15) is 6.10 Å². The van der Waals surface area contributed by atoms with Crippen molar-refractivity contribution in [2.75, 3.05) is 0 Å². The van der Waals surface area contributed by atoms with Crippen LogP contribution in [0.1, 0.15) is 18.7 Å². The van der Waals surface area contributed by atoms with Gasteiger partial charge in [-0.05, 0) is 44.8 Å². The number of fused-ring (bicyclic) bond motifs is 2. The van der Waals surface area contributed by atoms with Crippen molar-refractivity contribution in [3.05, 3.63) is 126 Å². The molecule has 0 radical (unpaired) electrons. The summed E-state index contributed by atoms with van der Waals surface area (Å²) in [7, 11) is -3.99. The fourth-order valence-corrected chi connectivity index (χ4v) is 5.06. The number of hydrogen-bond acceptors (Lipinski definition) is 3. The molecule has 0 saturated carbocycles. The molecule has 5 rings (SSSR count). The molecule has 5 aromatic carbocycles. The van der Waals surface area contributed by atoms with Gasteiger partial charge in [0.2, 0.25) is 0 Å². The average Bonchev–Trinajstić information content (AvgIpc) is 2.82. The molecule has 5 aromatic rings. The Morgan fingerprint density at radius 1 is 0.562 bits per heavy atom. The van der Waals surface area contributed by atoms with E-state index in [4.69, 9.17) is 4.18 Å². The van der Waals surface area contributed by atoms with Crippen molar-refractivity contribution in [2.24, 2.45) is 0 Å². The van der Waals surface area contributed by atoms with Gasteiger partial charge in [0.25, 0.3) is 10.1 Å². The molecule has 0 bridgehead atoms. The maximum Gasteiger partial charge on any atom is 1.00 e. The number of benzene rings is 5. The van der Waals surface area contributed by atoms with Crippen LogP contribution in [0, 0.1) is 0 Å². The molecule has 0 spiro atoms. The van der Waals surface area contributed by atoms with Crippen LogP contribution in [-0.4, -0.2) is 8.42 Å². The molecule has 5 heteroatoms. The summed E-state index contributed by atoms with van der Waals surface area (Å²) < 4.78 is 32.5. The Hall–Kier alpha value is -2.47. The van der Waals surface area contributed by atoms with E-state index in [9.17, 15) is 8.42 Å². The van der Waals surface area contributed by atoms with Crippen molar-refractivity contribution in [2.45, 2.75) is 11.0 Å². The standard InChI is InChI=1S/C27H20O3S.Na.H/c28-31(29,22-14-2-1-3-15-22)30-27(25-18-8-12-20-10-4-6-16-23(20)25)26-19-9-13-21-11-5-7-17-24(21)26;;/h1-19,27H;;/q;+1;-1. The predicted octanol–water partition coefficient (Wildman–Crippen LogP) is 3.60. The fraction of sp³-hybridized carbons (Fsp3) is 0.0370. The first-order chi connectivity index (χ1) is 15.1. The van der Waals surface area contributed by atoms with Gasteiger partial charge in [0, 0.05) is 0 Å². The molecule has 0 aliphatic carbocycles. The van der Waals surface area contributed by atoms with E-state index >= 15 is 0 Å². The minimum Gasteiger partial charge on any atom is -1.00 e. The maximum atomic E-state index is 13.2. The van der Waals surface area contributed by atoms with Gasteiger partial charge in [0.15, 0.2) is 0 Å². The summed E-state index contributed by atoms with van der Waals surface area (Å²) in [4.78, 5) is 0.139. The third kappa shape index (κ3) is 4.38. The topological polar surface area (TPSA) is 43.4 Å². The van der Waals surface area contributed by atoms with Crippen LogP contribution >= 0.6 is 0 Å². The smallest absolute Gasteiger partial charge is 1.00 e. The summed E-state index contributed by atoms with van der Waals surface area (Å²) in [6.07, 6.45) is -0.789. The van der Waals surface area contributed by atoms with Crippen LogP contribution in [0.4, 0.5) is 0 Å². The summed E-state index contributed by atoms with van der Waals surface area (Å²) in [5.74, 6) is 0. The normalized spacial score (nSPS) is 11.5. The molecule has 0 unspecified atom stereocenters. The second kappa shape index (κ2) is 9.57. The van der Waals surface area contributed by atoms with Crippen LogP contribution in [0.2, 0.25) is 0 Å². The van der Waals surface area contributed by atoms with E-state index < -0.39 is 16.2 Å². The van der Waals surface area contributed by atoms with Crippen molar-refractivity contribution >= 4 is 31.7 Å². The zero-order valence-corrected chi connectivity index (χ0v) is 20.5. The molecular weight excluding hydrogens is 427 g/mol. The third-order valence-electron chi connectivity index (χ3n) is 5.47. The second-order valence-corrected chi connectivity index (χ2v) is 8.95. The average molecular weight is 449 g/mol. The third-order valence-corrected chi connectivity index (χ3v) is 6.76. The van der Waals surface area contributed by atoms with Crippen LogP contribution in [0.3, 0.4) is 0 Å². The van der Waals surface area contributed by atoms with Crippen molar-refractivity contribution in [3.63, 3.8) is 0 Å². The van der Waals surface area contributed by atoms with Crippen molar-refractivity contribution in [1.29, 1.82) is 0 Å². The van der Waals surface area contributed by atoms with Crippen molar-refractivity contribution in [1.82, 2.24) is 0 Å². The molecule has 3 nitrogen and oxygen atoms in total. The zero-order valence-electron chi connectivity index (χ0n) is 18.7. The summed E-state index contributed by atoms with van der Waals surface area (Å²) in [6, 6.07) is 36.0. The minimum absolute atomic E-state index is 0. The van der Waals surface area contributed by atoms with Crippen molar-refractivity contribution < 1.29 is 43.6 Å². The minimum atomic E-state index is -3.99. The van der Waals surface area contributed by atoms with Gasteiger partial charge in [-0.3, -0.25) is 4.18 Å². The zero-order chi connectivity index (χ0) is 21.3. The Morgan fingerprint density at radius 3 is 1.53 bits per heavy atom. The molecule has 0 aliphatic heterocycles. The Labute approximate surface area is 211 Å². The molecule has 0 atom stereocenters. The SMILES string of the molecule is O=S(=O)(OC(c1cccc2ccccc12)c1cccc2ccccc12)c1ccccc1.[H-].[Na+]. The largest absolute Gasteiger partial charge is 1.00 e. The van der Waals surface area contributed by atoms with Crippen LogP contribution in [0.5, 0.6) is 0 Å². The molecule has 0 saturated heterocycles. The number of rotatable bonds is 5. The van der Waals surface area contributed by atoms with Gasteiger partial charge >= 0.3 is 29.6 Å². The van der Waals surface area contributed by atoms with Gasteiger partial charge < -0.3 is 1.43 Å². The molecule has 0 aliphatic rings. The fourth-order valence-electron chi connectivity index (χ4n) is 4.00. The Balaban J connectivity index is 0.00000153. The first-order valence-electron chi connectivity index (χ1n) is 10.1. The quantitative estimate of drug-likeness (QED) is 0.305. The van der Waals surface area contributed by atoms with E-state index in [1.165, 1.54) is 0 Å². The Morgan fingerprint density at radius 2 is 1.00 bits per heavy atom. The predicted molar refractivity (Wildman–Crippen MR) is 126 cm³/mol.